The molecule has 0 radical (unpaired) electrons. The molecule has 0 bridgehead atoms. The number of benzene rings is 2. The van der Waals surface area contributed by atoms with E-state index in [1.54, 1.807) is 30.7 Å². The Kier molecular flexibility index (Phi) is 4.78. The summed E-state index contributed by atoms with van der Waals surface area (Å²) in [6.07, 6.45) is 7.27. The van der Waals surface area contributed by atoms with Gasteiger partial charge in [-0.2, -0.15) is 0 Å². The highest BCUT2D eigenvalue weighted by atomic mass is 16.3. The van der Waals surface area contributed by atoms with Crippen LogP contribution in [0.3, 0.4) is 0 Å². The molecular formula is C23H21N5O4. The zero-order chi connectivity index (χ0) is 22.2. The summed E-state index contributed by atoms with van der Waals surface area (Å²) in [5, 5.41) is 35.0. The van der Waals surface area contributed by atoms with Gasteiger partial charge in [0, 0.05) is 36.1 Å². The standard InChI is InChI=1S/C23H21N5O4/c29-18-9-13(10-19(30)20(18)31)11-25-21-22-26-12-17(28(22)8-7-24-21)14-1-3-15(4-2-14)23(32)27-16-5-6-16/h1-4,7-10,12,16,29-31H,5-6,11H2,(H,24,25)(H,27,32). The fourth-order valence-electron chi connectivity index (χ4n) is 3.49. The second-order valence-corrected chi connectivity index (χ2v) is 7.77. The van der Waals surface area contributed by atoms with Gasteiger partial charge in [0.15, 0.2) is 28.7 Å². The van der Waals surface area contributed by atoms with Crippen LogP contribution in [0.2, 0.25) is 0 Å². The van der Waals surface area contributed by atoms with E-state index < -0.39 is 17.2 Å². The maximum Gasteiger partial charge on any atom is 0.251 e. The van der Waals surface area contributed by atoms with E-state index in [1.807, 2.05) is 16.5 Å². The third kappa shape index (κ3) is 3.76. The highest BCUT2D eigenvalue weighted by Crippen LogP contribution is 2.35. The molecule has 162 valence electrons. The first-order valence-electron chi connectivity index (χ1n) is 10.2. The molecular weight excluding hydrogens is 410 g/mol. The fourth-order valence-corrected chi connectivity index (χ4v) is 3.49. The van der Waals surface area contributed by atoms with Crippen LogP contribution in [-0.2, 0) is 6.54 Å². The van der Waals surface area contributed by atoms with E-state index in [-0.39, 0.29) is 12.5 Å². The van der Waals surface area contributed by atoms with Crippen molar-refractivity contribution in [3.05, 3.63) is 66.1 Å². The Balaban J connectivity index is 1.37. The Morgan fingerprint density at radius 2 is 1.78 bits per heavy atom. The summed E-state index contributed by atoms with van der Waals surface area (Å²) in [6, 6.07) is 10.4. The number of hydrogen-bond acceptors (Lipinski definition) is 7. The molecule has 5 rings (SSSR count). The van der Waals surface area contributed by atoms with Crippen LogP contribution < -0.4 is 10.6 Å². The quantitative estimate of drug-likeness (QED) is 0.297. The molecule has 9 heteroatoms. The summed E-state index contributed by atoms with van der Waals surface area (Å²) in [5.74, 6) is -0.885. The predicted octanol–water partition coefficient (Wildman–Crippen LogP) is 3.02. The second-order valence-electron chi connectivity index (χ2n) is 7.77. The van der Waals surface area contributed by atoms with E-state index >= 15 is 0 Å². The van der Waals surface area contributed by atoms with Crippen molar-refractivity contribution in [1.29, 1.82) is 0 Å². The third-order valence-electron chi connectivity index (χ3n) is 5.37. The van der Waals surface area contributed by atoms with Gasteiger partial charge in [-0.15, -0.1) is 0 Å². The van der Waals surface area contributed by atoms with Crippen LogP contribution in [0.25, 0.3) is 16.9 Å². The Labute approximate surface area is 183 Å². The minimum atomic E-state index is -0.553. The van der Waals surface area contributed by atoms with E-state index in [9.17, 15) is 20.1 Å². The smallest absolute Gasteiger partial charge is 0.251 e. The van der Waals surface area contributed by atoms with Crippen LogP contribution in [0, 0.1) is 0 Å². The van der Waals surface area contributed by atoms with E-state index in [0.29, 0.717) is 28.6 Å². The average Bonchev–Trinajstić information content (AvgIpc) is 3.50. The third-order valence-corrected chi connectivity index (χ3v) is 5.37. The van der Waals surface area contributed by atoms with Crippen LogP contribution in [0.5, 0.6) is 17.2 Å². The number of carbonyl (C=O) groups excluding carboxylic acids is 1. The summed E-state index contributed by atoms with van der Waals surface area (Å²) in [5.41, 5.74) is 3.54. The maximum atomic E-state index is 12.2. The predicted molar refractivity (Wildman–Crippen MR) is 118 cm³/mol. The first-order chi connectivity index (χ1) is 15.5. The van der Waals surface area contributed by atoms with Gasteiger partial charge in [0.2, 0.25) is 0 Å². The molecule has 1 fully saturated rings. The Bertz CT molecular complexity index is 1290. The minimum absolute atomic E-state index is 0.0563. The van der Waals surface area contributed by atoms with Crippen LogP contribution in [0.15, 0.2) is 55.0 Å². The summed E-state index contributed by atoms with van der Waals surface area (Å²) in [7, 11) is 0. The Hall–Kier alpha value is -4.27. The zero-order valence-corrected chi connectivity index (χ0v) is 17.0. The SMILES string of the molecule is O=C(NC1CC1)c1ccc(-c2cnc3c(NCc4cc(O)c(O)c(O)c4)nccn23)cc1. The van der Waals surface area contributed by atoms with Gasteiger partial charge in [0.05, 0.1) is 11.9 Å². The molecule has 2 aromatic carbocycles. The van der Waals surface area contributed by atoms with Crippen LogP contribution in [-0.4, -0.2) is 41.6 Å². The Morgan fingerprint density at radius 1 is 1.06 bits per heavy atom. The number of rotatable bonds is 6. The summed E-state index contributed by atoms with van der Waals surface area (Å²) in [4.78, 5) is 21.0. The largest absolute Gasteiger partial charge is 0.504 e. The van der Waals surface area contributed by atoms with Gasteiger partial charge >= 0.3 is 0 Å². The number of hydrogen-bond donors (Lipinski definition) is 5. The maximum absolute atomic E-state index is 12.2. The van der Waals surface area contributed by atoms with E-state index in [2.05, 4.69) is 20.6 Å². The lowest BCUT2D eigenvalue weighted by Crippen LogP contribution is -2.25. The van der Waals surface area contributed by atoms with Crippen LogP contribution in [0.1, 0.15) is 28.8 Å². The summed E-state index contributed by atoms with van der Waals surface area (Å²) in [6.45, 7) is 0.251. The highest BCUT2D eigenvalue weighted by Gasteiger charge is 2.23. The molecule has 1 aliphatic rings. The number of aromatic hydroxyl groups is 3. The van der Waals surface area contributed by atoms with E-state index in [1.165, 1.54) is 12.1 Å². The molecule has 0 saturated heterocycles. The van der Waals surface area contributed by atoms with Crippen molar-refractivity contribution in [2.75, 3.05) is 5.32 Å². The van der Waals surface area contributed by atoms with E-state index in [4.69, 9.17) is 0 Å². The average molecular weight is 431 g/mol. The van der Waals surface area contributed by atoms with Gasteiger partial charge in [-0.3, -0.25) is 9.20 Å². The Morgan fingerprint density at radius 3 is 2.47 bits per heavy atom. The van der Waals surface area contributed by atoms with Crippen molar-refractivity contribution in [2.24, 2.45) is 0 Å². The van der Waals surface area contributed by atoms with Gasteiger partial charge in [-0.1, -0.05) is 12.1 Å². The first kappa shape index (κ1) is 19.7. The lowest BCUT2D eigenvalue weighted by molar-refractivity contribution is 0.0951. The van der Waals surface area contributed by atoms with Gasteiger partial charge in [0.1, 0.15) is 0 Å². The molecule has 32 heavy (non-hydrogen) atoms. The van der Waals surface area contributed by atoms with Gasteiger partial charge in [-0.25, -0.2) is 9.97 Å². The topological polar surface area (TPSA) is 132 Å². The molecule has 0 unspecified atom stereocenters. The van der Waals surface area contributed by atoms with E-state index in [0.717, 1.165) is 24.1 Å². The second kappa shape index (κ2) is 7.77. The molecule has 2 aromatic heterocycles. The fraction of sp³-hybridized carbons (Fsp3) is 0.174. The molecule has 9 nitrogen and oxygen atoms in total. The summed E-state index contributed by atoms with van der Waals surface area (Å²) < 4.78 is 1.89. The van der Waals surface area contributed by atoms with Crippen molar-refractivity contribution < 1.29 is 20.1 Å². The van der Waals surface area contributed by atoms with Crippen molar-refractivity contribution in [3.8, 4) is 28.5 Å². The lowest BCUT2D eigenvalue weighted by atomic mass is 10.1. The van der Waals surface area contributed by atoms with Crippen LogP contribution >= 0.6 is 0 Å². The normalized spacial score (nSPS) is 13.2. The minimum Gasteiger partial charge on any atom is -0.504 e. The molecule has 1 saturated carbocycles. The number of nitrogens with zero attached hydrogens (tertiary/aromatic N) is 3. The molecule has 1 aliphatic carbocycles. The lowest BCUT2D eigenvalue weighted by Gasteiger charge is -2.10. The number of fused-ring (bicyclic) bond motifs is 1. The van der Waals surface area contributed by atoms with Crippen molar-refractivity contribution in [3.63, 3.8) is 0 Å². The van der Waals surface area contributed by atoms with Gasteiger partial charge in [-0.05, 0) is 42.7 Å². The monoisotopic (exact) mass is 431 g/mol. The summed E-state index contributed by atoms with van der Waals surface area (Å²) >= 11 is 0. The molecule has 0 spiro atoms. The number of amides is 1. The number of imidazole rings is 1. The van der Waals surface area contributed by atoms with Crippen LogP contribution in [0.4, 0.5) is 5.82 Å². The number of phenols is 3. The number of phenolic OH excluding ortho intramolecular Hbond substituents is 3. The molecule has 4 aromatic rings. The first-order valence-corrected chi connectivity index (χ1v) is 10.2. The number of aromatic nitrogens is 3. The molecule has 5 N–H and O–H groups in total. The van der Waals surface area contributed by atoms with Crippen molar-refractivity contribution in [1.82, 2.24) is 19.7 Å². The molecule has 0 aliphatic heterocycles. The van der Waals surface area contributed by atoms with Crippen molar-refractivity contribution in [2.45, 2.75) is 25.4 Å². The molecule has 2 heterocycles. The molecule has 0 atom stereocenters. The number of nitrogens with one attached hydrogen (secondary N) is 2. The highest BCUT2D eigenvalue weighted by molar-refractivity contribution is 5.95. The number of carbonyl (C=O) groups is 1. The molecule has 1 amide bonds. The number of anilines is 1. The van der Waals surface area contributed by atoms with Crippen molar-refractivity contribution >= 4 is 17.4 Å². The van der Waals surface area contributed by atoms with Gasteiger partial charge in [0.25, 0.3) is 5.91 Å². The van der Waals surface area contributed by atoms with Gasteiger partial charge < -0.3 is 26.0 Å². The zero-order valence-electron chi connectivity index (χ0n) is 17.0.